The van der Waals surface area contributed by atoms with Gasteiger partial charge in [0.25, 0.3) is 5.56 Å². The van der Waals surface area contributed by atoms with Gasteiger partial charge in [-0.15, -0.1) is 0 Å². The van der Waals surface area contributed by atoms with Gasteiger partial charge in [0, 0.05) is 36.0 Å². The Labute approximate surface area is 207 Å². The summed E-state index contributed by atoms with van der Waals surface area (Å²) >= 11 is 0. The number of benzene rings is 3. The summed E-state index contributed by atoms with van der Waals surface area (Å²) in [4.78, 5) is 17.1. The lowest BCUT2D eigenvalue weighted by molar-refractivity contribution is 0.355. The van der Waals surface area contributed by atoms with Crippen LogP contribution >= 0.6 is 0 Å². The summed E-state index contributed by atoms with van der Waals surface area (Å²) < 4.78 is 33.1. The van der Waals surface area contributed by atoms with Gasteiger partial charge >= 0.3 is 0 Å². The number of hydrogen-bond acceptors (Lipinski definition) is 5. The molecular formula is C29H23FN2O4. The number of pyridine rings is 2. The van der Waals surface area contributed by atoms with Crippen LogP contribution in [-0.2, 0) is 6.42 Å². The third-order valence-electron chi connectivity index (χ3n) is 5.86. The van der Waals surface area contributed by atoms with E-state index in [4.69, 9.17) is 14.2 Å². The SMILES string of the molecule is COc1cc2nccc(Oc3ccc(-n4ccc(Cc5ccccc5)cc4=O)cc3F)c2cc1OC. The van der Waals surface area contributed by atoms with Gasteiger partial charge < -0.3 is 14.2 Å². The third kappa shape index (κ3) is 4.63. The van der Waals surface area contributed by atoms with Gasteiger partial charge in [-0.05, 0) is 47.9 Å². The van der Waals surface area contributed by atoms with Crippen LogP contribution in [0.15, 0.2) is 96.1 Å². The minimum Gasteiger partial charge on any atom is -0.493 e. The van der Waals surface area contributed by atoms with Crippen molar-refractivity contribution in [3.8, 4) is 28.7 Å². The van der Waals surface area contributed by atoms with E-state index in [1.807, 2.05) is 36.4 Å². The first kappa shape index (κ1) is 23.1. The zero-order valence-corrected chi connectivity index (χ0v) is 19.8. The zero-order valence-electron chi connectivity index (χ0n) is 19.8. The molecule has 6 nitrogen and oxygen atoms in total. The molecule has 0 spiro atoms. The maximum absolute atomic E-state index is 15.1. The zero-order chi connectivity index (χ0) is 25.1. The van der Waals surface area contributed by atoms with Gasteiger partial charge in [-0.3, -0.25) is 14.3 Å². The van der Waals surface area contributed by atoms with Crippen LogP contribution < -0.4 is 19.8 Å². The summed E-state index contributed by atoms with van der Waals surface area (Å²) in [5.74, 6) is 0.877. The molecule has 0 saturated heterocycles. The average molecular weight is 483 g/mol. The highest BCUT2D eigenvalue weighted by molar-refractivity contribution is 5.88. The number of hydrogen-bond donors (Lipinski definition) is 0. The largest absolute Gasteiger partial charge is 0.493 e. The lowest BCUT2D eigenvalue weighted by Crippen LogP contribution is -2.17. The van der Waals surface area contributed by atoms with Crippen LogP contribution in [0.1, 0.15) is 11.1 Å². The van der Waals surface area contributed by atoms with Gasteiger partial charge in [0.1, 0.15) is 5.75 Å². The molecule has 0 radical (unpaired) electrons. The van der Waals surface area contributed by atoms with Gasteiger partial charge in [-0.2, -0.15) is 0 Å². The first-order valence-electron chi connectivity index (χ1n) is 11.3. The lowest BCUT2D eigenvalue weighted by atomic mass is 10.1. The van der Waals surface area contributed by atoms with Crippen LogP contribution in [0.25, 0.3) is 16.6 Å². The number of ether oxygens (including phenoxy) is 3. The monoisotopic (exact) mass is 482 g/mol. The summed E-state index contributed by atoms with van der Waals surface area (Å²) in [6.45, 7) is 0. The molecule has 36 heavy (non-hydrogen) atoms. The first-order valence-corrected chi connectivity index (χ1v) is 11.3. The highest BCUT2D eigenvalue weighted by atomic mass is 19.1. The summed E-state index contributed by atoms with van der Waals surface area (Å²) in [6, 6.07) is 22.9. The predicted octanol–water partition coefficient (Wildman–Crippen LogP) is 5.93. The van der Waals surface area contributed by atoms with E-state index < -0.39 is 5.82 Å². The van der Waals surface area contributed by atoms with Crippen LogP contribution in [0.2, 0.25) is 0 Å². The molecule has 180 valence electrons. The van der Waals surface area contributed by atoms with Crippen molar-refractivity contribution >= 4 is 10.9 Å². The molecule has 5 aromatic rings. The van der Waals surface area contributed by atoms with Crippen molar-refractivity contribution in [3.63, 3.8) is 0 Å². The van der Waals surface area contributed by atoms with E-state index in [-0.39, 0.29) is 11.3 Å². The number of fused-ring (bicyclic) bond motifs is 1. The Morgan fingerprint density at radius 2 is 1.58 bits per heavy atom. The van der Waals surface area contributed by atoms with Gasteiger partial charge in [-0.25, -0.2) is 4.39 Å². The Bertz CT molecular complexity index is 1600. The van der Waals surface area contributed by atoms with E-state index in [2.05, 4.69) is 4.98 Å². The van der Waals surface area contributed by atoms with Crippen molar-refractivity contribution < 1.29 is 18.6 Å². The van der Waals surface area contributed by atoms with Crippen molar-refractivity contribution in [1.29, 1.82) is 0 Å². The maximum atomic E-state index is 15.1. The van der Waals surface area contributed by atoms with Crippen LogP contribution in [0.3, 0.4) is 0 Å². The molecule has 0 fully saturated rings. The second kappa shape index (κ2) is 9.92. The summed E-state index contributed by atoms with van der Waals surface area (Å²) in [5, 5.41) is 0.642. The molecule has 0 atom stereocenters. The van der Waals surface area contributed by atoms with Crippen molar-refractivity contribution in [2.45, 2.75) is 6.42 Å². The standard InChI is InChI=1S/C29H23FN2O4/c1-34-27-17-22-24(18-28(27)35-2)31-12-10-25(22)36-26-9-8-21(16-23(26)30)32-13-11-20(15-29(32)33)14-19-6-4-3-5-7-19/h3-13,15-18H,14H2,1-2H3. The lowest BCUT2D eigenvalue weighted by Gasteiger charge is -2.13. The van der Waals surface area contributed by atoms with Gasteiger partial charge in [-0.1, -0.05) is 30.3 Å². The molecule has 0 saturated carbocycles. The molecule has 0 bridgehead atoms. The van der Waals surface area contributed by atoms with Crippen LogP contribution in [-0.4, -0.2) is 23.8 Å². The van der Waals surface area contributed by atoms with Gasteiger partial charge in [0.2, 0.25) is 0 Å². The van der Waals surface area contributed by atoms with Crippen LogP contribution in [0.4, 0.5) is 4.39 Å². The number of methoxy groups -OCH3 is 2. The summed E-state index contributed by atoms with van der Waals surface area (Å²) in [5.41, 5.74) is 2.78. The van der Waals surface area contributed by atoms with Crippen LogP contribution in [0, 0.1) is 5.82 Å². The molecule has 2 heterocycles. The number of nitrogens with zero attached hydrogens (tertiary/aromatic N) is 2. The predicted molar refractivity (Wildman–Crippen MR) is 136 cm³/mol. The van der Waals surface area contributed by atoms with Gasteiger partial charge in [0.05, 0.1) is 25.4 Å². The smallest absolute Gasteiger partial charge is 0.255 e. The topological polar surface area (TPSA) is 62.6 Å². The van der Waals surface area contributed by atoms with E-state index in [1.54, 1.807) is 49.8 Å². The Hall–Kier alpha value is -4.65. The molecule has 3 aromatic carbocycles. The van der Waals surface area contributed by atoms with Gasteiger partial charge in [0.15, 0.2) is 23.1 Å². The number of aromatic nitrogens is 2. The maximum Gasteiger partial charge on any atom is 0.255 e. The fourth-order valence-electron chi connectivity index (χ4n) is 4.05. The fourth-order valence-corrected chi connectivity index (χ4v) is 4.05. The molecule has 0 N–H and O–H groups in total. The quantitative estimate of drug-likeness (QED) is 0.288. The Morgan fingerprint density at radius 3 is 2.31 bits per heavy atom. The summed E-state index contributed by atoms with van der Waals surface area (Å²) in [7, 11) is 3.08. The van der Waals surface area contributed by atoms with Crippen molar-refractivity contribution in [2.24, 2.45) is 0 Å². The van der Waals surface area contributed by atoms with E-state index in [0.29, 0.717) is 40.3 Å². The minimum atomic E-state index is -0.599. The fraction of sp³-hybridized carbons (Fsp3) is 0.103. The minimum absolute atomic E-state index is 0.0229. The van der Waals surface area contributed by atoms with Crippen molar-refractivity contribution in [2.75, 3.05) is 14.2 Å². The third-order valence-corrected chi connectivity index (χ3v) is 5.86. The first-order chi connectivity index (χ1) is 17.6. The Kier molecular flexibility index (Phi) is 6.36. The van der Waals surface area contributed by atoms with E-state index >= 15 is 4.39 Å². The second-order valence-corrected chi connectivity index (χ2v) is 8.16. The molecular weight excluding hydrogens is 459 g/mol. The Balaban J connectivity index is 1.42. The molecule has 7 heteroatoms. The number of halogens is 1. The highest BCUT2D eigenvalue weighted by Crippen LogP contribution is 2.37. The summed E-state index contributed by atoms with van der Waals surface area (Å²) in [6.07, 6.45) is 3.88. The van der Waals surface area contributed by atoms with Crippen LogP contribution in [0.5, 0.6) is 23.0 Å². The number of rotatable bonds is 7. The molecule has 0 amide bonds. The second-order valence-electron chi connectivity index (χ2n) is 8.16. The van der Waals surface area contributed by atoms with E-state index in [1.165, 1.54) is 23.8 Å². The van der Waals surface area contributed by atoms with Crippen molar-refractivity contribution in [1.82, 2.24) is 9.55 Å². The molecule has 0 aliphatic carbocycles. The molecule has 0 unspecified atom stereocenters. The van der Waals surface area contributed by atoms with Crippen molar-refractivity contribution in [3.05, 3.63) is 119 Å². The van der Waals surface area contributed by atoms with E-state index in [9.17, 15) is 4.79 Å². The highest BCUT2D eigenvalue weighted by Gasteiger charge is 2.14. The average Bonchev–Trinajstić information content (AvgIpc) is 2.90. The normalized spacial score (nSPS) is 10.9. The van der Waals surface area contributed by atoms with E-state index in [0.717, 1.165) is 11.1 Å². The molecule has 5 rings (SSSR count). The molecule has 0 aliphatic rings. The molecule has 2 aromatic heterocycles. The Morgan fingerprint density at radius 1 is 0.806 bits per heavy atom. The molecule has 0 aliphatic heterocycles.